The standard InChI is InChI=1S/C22H29BrO5/c1-20-7-8-22(28)15(14(20)5-6-16(20)18(26)11-24)4-3-12-9-13(25)10-17(19(23)27)21(12,22)2/h9,14-17,24,28H,3-8,10-11H2,1-2H3/t14-,15-,16+,17?,20-,21+,22+/m0/s1. The lowest BCUT2D eigenvalue weighted by Gasteiger charge is -2.64. The molecule has 4 rings (SSSR count). The molecule has 6 heteroatoms. The number of carbonyl (C=O) groups is 3. The van der Waals surface area contributed by atoms with Crippen molar-refractivity contribution in [1.82, 2.24) is 0 Å². The summed E-state index contributed by atoms with van der Waals surface area (Å²) in [5.41, 5.74) is -1.13. The maximum absolute atomic E-state index is 12.4. The Bertz CT molecular complexity index is 775. The SMILES string of the molecule is C[C@]12CC[C@@]3(O)[C@@H](CCC4=CC(=O)CC(C(=O)Br)[C@@]43C)[C@@H]1CC[C@@H]2C(=O)CO. The van der Waals surface area contributed by atoms with Crippen molar-refractivity contribution in [2.24, 2.45) is 34.5 Å². The van der Waals surface area contributed by atoms with E-state index in [1.807, 2.05) is 6.92 Å². The van der Waals surface area contributed by atoms with Gasteiger partial charge in [0, 0.05) is 23.7 Å². The molecule has 0 aromatic heterocycles. The molecule has 0 heterocycles. The predicted octanol–water partition coefficient (Wildman–Crippen LogP) is 2.96. The van der Waals surface area contributed by atoms with Crippen LogP contribution in [0.3, 0.4) is 0 Å². The number of aliphatic hydroxyl groups excluding tert-OH is 1. The number of carbonyl (C=O) groups excluding carboxylic acids is 3. The summed E-state index contributed by atoms with van der Waals surface area (Å²) >= 11 is 3.10. The number of halogens is 1. The second kappa shape index (κ2) is 6.58. The molecule has 0 radical (unpaired) electrons. The van der Waals surface area contributed by atoms with Crippen LogP contribution < -0.4 is 0 Å². The van der Waals surface area contributed by atoms with Gasteiger partial charge in [0.25, 0.3) is 0 Å². The van der Waals surface area contributed by atoms with Crippen LogP contribution in [0, 0.1) is 34.5 Å². The zero-order chi connectivity index (χ0) is 20.5. The summed E-state index contributed by atoms with van der Waals surface area (Å²) in [5, 5.41) is 21.6. The van der Waals surface area contributed by atoms with Crippen molar-refractivity contribution in [1.29, 1.82) is 0 Å². The molecule has 0 spiro atoms. The molecular weight excluding hydrogens is 424 g/mol. The Morgan fingerprint density at radius 1 is 1.14 bits per heavy atom. The number of hydrogen-bond donors (Lipinski definition) is 2. The van der Waals surface area contributed by atoms with Gasteiger partial charge in [-0.1, -0.05) is 19.4 Å². The number of fused-ring (bicyclic) bond motifs is 5. The van der Waals surface area contributed by atoms with Crippen LogP contribution in [-0.2, 0) is 14.4 Å². The minimum absolute atomic E-state index is 0.00700. The third-order valence-corrected chi connectivity index (χ3v) is 9.65. The highest BCUT2D eigenvalue weighted by atomic mass is 79.9. The van der Waals surface area contributed by atoms with Gasteiger partial charge in [-0.25, -0.2) is 0 Å². The zero-order valence-corrected chi connectivity index (χ0v) is 18.1. The molecule has 0 aromatic carbocycles. The van der Waals surface area contributed by atoms with Crippen LogP contribution in [-0.4, -0.2) is 38.7 Å². The molecule has 0 aromatic rings. The highest BCUT2D eigenvalue weighted by molar-refractivity contribution is 9.18. The highest BCUT2D eigenvalue weighted by Crippen LogP contribution is 2.69. The van der Waals surface area contributed by atoms with Crippen LogP contribution >= 0.6 is 15.9 Å². The largest absolute Gasteiger partial charge is 0.389 e. The van der Waals surface area contributed by atoms with Gasteiger partial charge in [0.05, 0.1) is 5.60 Å². The Morgan fingerprint density at radius 2 is 1.86 bits per heavy atom. The first kappa shape index (κ1) is 20.4. The Kier molecular flexibility index (Phi) is 4.80. The first-order chi connectivity index (χ1) is 13.1. The van der Waals surface area contributed by atoms with Gasteiger partial charge in [0.1, 0.15) is 6.61 Å². The average Bonchev–Trinajstić information content (AvgIpc) is 2.99. The number of ketones is 2. The fourth-order valence-corrected chi connectivity index (χ4v) is 8.17. The van der Waals surface area contributed by atoms with Crippen molar-refractivity contribution >= 4 is 32.2 Å². The first-order valence-corrected chi connectivity index (χ1v) is 11.2. The van der Waals surface area contributed by atoms with Gasteiger partial charge in [-0.05, 0) is 77.8 Å². The summed E-state index contributed by atoms with van der Waals surface area (Å²) in [7, 11) is 0. The van der Waals surface area contributed by atoms with Crippen LogP contribution in [0.5, 0.6) is 0 Å². The Labute approximate surface area is 174 Å². The Morgan fingerprint density at radius 3 is 2.50 bits per heavy atom. The number of rotatable bonds is 3. The van der Waals surface area contributed by atoms with E-state index in [9.17, 15) is 24.6 Å². The fraction of sp³-hybridized carbons (Fsp3) is 0.773. The summed E-state index contributed by atoms with van der Waals surface area (Å²) in [6.45, 7) is 3.69. The molecule has 3 fully saturated rings. The van der Waals surface area contributed by atoms with E-state index < -0.39 is 23.5 Å². The molecule has 7 atom stereocenters. The van der Waals surface area contributed by atoms with Gasteiger partial charge in [-0.2, -0.15) is 0 Å². The van der Waals surface area contributed by atoms with E-state index in [1.54, 1.807) is 6.08 Å². The average molecular weight is 453 g/mol. The molecule has 0 bridgehead atoms. The van der Waals surface area contributed by atoms with Gasteiger partial charge in [0.15, 0.2) is 11.6 Å². The third kappa shape index (κ3) is 2.46. The van der Waals surface area contributed by atoms with E-state index >= 15 is 0 Å². The second-order valence-electron chi connectivity index (χ2n) is 9.84. The fourth-order valence-electron chi connectivity index (χ4n) is 7.55. The lowest BCUT2D eigenvalue weighted by molar-refractivity contribution is -0.204. The quantitative estimate of drug-likeness (QED) is 0.642. The lowest BCUT2D eigenvalue weighted by atomic mass is 9.42. The van der Waals surface area contributed by atoms with E-state index in [2.05, 4.69) is 22.9 Å². The molecule has 3 saturated carbocycles. The van der Waals surface area contributed by atoms with Gasteiger partial charge < -0.3 is 10.2 Å². The first-order valence-electron chi connectivity index (χ1n) is 10.4. The van der Waals surface area contributed by atoms with Crippen LogP contribution in [0.4, 0.5) is 0 Å². The topological polar surface area (TPSA) is 91.7 Å². The van der Waals surface area contributed by atoms with Crippen LogP contribution in [0.25, 0.3) is 0 Å². The van der Waals surface area contributed by atoms with Crippen molar-refractivity contribution in [3.05, 3.63) is 11.6 Å². The number of aliphatic hydroxyl groups is 2. The summed E-state index contributed by atoms with van der Waals surface area (Å²) in [4.78, 5) is 37.1. The molecule has 0 aliphatic heterocycles. The Hall–Kier alpha value is -0.850. The molecule has 0 amide bonds. The summed E-state index contributed by atoms with van der Waals surface area (Å²) in [6.07, 6.45) is 6.10. The van der Waals surface area contributed by atoms with Gasteiger partial charge in [0.2, 0.25) is 4.69 Å². The predicted molar refractivity (Wildman–Crippen MR) is 107 cm³/mol. The molecule has 154 valence electrons. The number of Topliss-reactive ketones (excluding diaryl/α,β-unsaturated/α-hetero) is 1. The molecule has 1 unspecified atom stereocenters. The summed E-state index contributed by atoms with van der Waals surface area (Å²) < 4.78 is -0.212. The Balaban J connectivity index is 1.77. The molecule has 0 saturated heterocycles. The smallest absolute Gasteiger partial charge is 0.202 e. The van der Waals surface area contributed by atoms with Crippen molar-refractivity contribution < 1.29 is 24.6 Å². The van der Waals surface area contributed by atoms with E-state index in [0.29, 0.717) is 19.3 Å². The van der Waals surface area contributed by atoms with Crippen molar-refractivity contribution in [3.8, 4) is 0 Å². The van der Waals surface area contributed by atoms with Gasteiger partial charge in [-0.15, -0.1) is 0 Å². The number of hydrogen-bond acceptors (Lipinski definition) is 5. The molecule has 5 nitrogen and oxygen atoms in total. The molecular formula is C22H29BrO5. The highest BCUT2D eigenvalue weighted by Gasteiger charge is 2.68. The molecule has 4 aliphatic rings. The summed E-state index contributed by atoms with van der Waals surface area (Å²) in [6, 6.07) is 0. The normalized spacial score (nSPS) is 47.6. The second-order valence-corrected chi connectivity index (χ2v) is 10.6. The summed E-state index contributed by atoms with van der Waals surface area (Å²) in [5.74, 6) is -0.662. The maximum Gasteiger partial charge on any atom is 0.202 e. The van der Waals surface area contributed by atoms with E-state index in [1.165, 1.54) is 0 Å². The van der Waals surface area contributed by atoms with E-state index in [-0.39, 0.29) is 45.8 Å². The van der Waals surface area contributed by atoms with Crippen LogP contribution in [0.15, 0.2) is 11.6 Å². The van der Waals surface area contributed by atoms with Crippen molar-refractivity contribution in [2.75, 3.05) is 6.61 Å². The maximum atomic E-state index is 12.4. The van der Waals surface area contributed by atoms with Crippen LogP contribution in [0.2, 0.25) is 0 Å². The minimum Gasteiger partial charge on any atom is -0.389 e. The lowest BCUT2D eigenvalue weighted by Crippen LogP contribution is -2.66. The molecule has 4 aliphatic carbocycles. The zero-order valence-electron chi connectivity index (χ0n) is 16.5. The van der Waals surface area contributed by atoms with Gasteiger partial charge >= 0.3 is 0 Å². The van der Waals surface area contributed by atoms with E-state index in [4.69, 9.17) is 0 Å². The van der Waals surface area contributed by atoms with Crippen LogP contribution in [0.1, 0.15) is 58.8 Å². The molecule has 28 heavy (non-hydrogen) atoms. The van der Waals surface area contributed by atoms with Gasteiger partial charge in [-0.3, -0.25) is 14.4 Å². The van der Waals surface area contributed by atoms with E-state index in [0.717, 1.165) is 24.8 Å². The monoisotopic (exact) mass is 452 g/mol. The van der Waals surface area contributed by atoms with Crippen molar-refractivity contribution in [3.63, 3.8) is 0 Å². The third-order valence-electron chi connectivity index (χ3n) is 9.10. The molecule has 2 N–H and O–H groups in total. The van der Waals surface area contributed by atoms with Crippen molar-refractivity contribution in [2.45, 2.75) is 64.4 Å². The minimum atomic E-state index is -1.06.